The second kappa shape index (κ2) is 9.18. The van der Waals surface area contributed by atoms with Gasteiger partial charge >= 0.3 is 5.97 Å². The van der Waals surface area contributed by atoms with E-state index in [-0.39, 0.29) is 25.1 Å². The summed E-state index contributed by atoms with van der Waals surface area (Å²) in [6.45, 7) is 1.67. The number of aliphatic hydroxyl groups excluding tert-OH is 2. The number of carbonyl (C=O) groups excluding carboxylic acids is 1. The van der Waals surface area contributed by atoms with Crippen LogP contribution in [-0.4, -0.2) is 23.3 Å². The minimum Gasteiger partial charge on any atom is -0.496 e. The smallest absolute Gasteiger partial charge is 0.318 e. The van der Waals surface area contributed by atoms with Crippen molar-refractivity contribution in [3.05, 3.63) is 123 Å². The molecule has 37 heavy (non-hydrogen) atoms. The number of esters is 1. The molecular weight excluding hydrogens is 464 g/mol. The van der Waals surface area contributed by atoms with Crippen molar-refractivity contribution < 1.29 is 24.5 Å². The van der Waals surface area contributed by atoms with Gasteiger partial charge in [-0.2, -0.15) is 0 Å². The number of carbonyl (C=O) groups is 1. The summed E-state index contributed by atoms with van der Waals surface area (Å²) in [5.74, 6) is -0.780. The molecule has 2 bridgehead atoms. The van der Waals surface area contributed by atoms with Gasteiger partial charge in [-0.1, -0.05) is 72.3 Å². The van der Waals surface area contributed by atoms with Crippen LogP contribution in [0.1, 0.15) is 62.4 Å². The molecule has 4 aromatic carbocycles. The van der Waals surface area contributed by atoms with E-state index in [4.69, 9.17) is 9.47 Å². The summed E-state index contributed by atoms with van der Waals surface area (Å²) < 4.78 is 11.9. The number of hydrogen-bond acceptors (Lipinski definition) is 5. The molecule has 4 aromatic rings. The molecule has 186 valence electrons. The maximum atomic E-state index is 13.6. The lowest BCUT2D eigenvalue weighted by molar-refractivity contribution is -0.152. The average Bonchev–Trinajstić information content (AvgIpc) is 3.13. The van der Waals surface area contributed by atoms with Crippen LogP contribution < -0.4 is 4.74 Å². The summed E-state index contributed by atoms with van der Waals surface area (Å²) in [4.78, 5) is 13.6. The molecule has 0 fully saturated rings. The Morgan fingerprint density at radius 2 is 1.57 bits per heavy atom. The molecular formula is C32H28O5. The molecule has 2 aliphatic rings. The monoisotopic (exact) mass is 492 g/mol. The molecule has 0 radical (unpaired) electrons. The van der Waals surface area contributed by atoms with Crippen molar-refractivity contribution in [3.8, 4) is 16.9 Å². The van der Waals surface area contributed by atoms with Gasteiger partial charge in [0.15, 0.2) is 0 Å². The first-order valence-corrected chi connectivity index (χ1v) is 12.5. The first-order chi connectivity index (χ1) is 18.0. The Hall–Kier alpha value is -3.93. The number of fused-ring (bicyclic) bond motifs is 2. The van der Waals surface area contributed by atoms with Crippen molar-refractivity contribution in [2.75, 3.05) is 7.11 Å². The van der Waals surface area contributed by atoms with Crippen molar-refractivity contribution in [2.24, 2.45) is 0 Å². The van der Waals surface area contributed by atoms with E-state index in [1.165, 1.54) is 0 Å². The van der Waals surface area contributed by atoms with Crippen molar-refractivity contribution >= 4 is 5.97 Å². The van der Waals surface area contributed by atoms with E-state index in [1.54, 1.807) is 13.2 Å². The molecule has 1 aliphatic carbocycles. The molecule has 0 aromatic heterocycles. The molecule has 0 saturated heterocycles. The van der Waals surface area contributed by atoms with E-state index in [1.807, 2.05) is 43.3 Å². The predicted molar refractivity (Wildman–Crippen MR) is 140 cm³/mol. The topological polar surface area (TPSA) is 76.0 Å². The van der Waals surface area contributed by atoms with Crippen LogP contribution in [0, 0.1) is 6.92 Å². The van der Waals surface area contributed by atoms with Gasteiger partial charge in [-0.15, -0.1) is 0 Å². The first kappa shape index (κ1) is 23.5. The molecule has 5 heteroatoms. The highest BCUT2D eigenvalue weighted by molar-refractivity contribution is 5.88. The fourth-order valence-electron chi connectivity index (χ4n) is 6.07. The van der Waals surface area contributed by atoms with Gasteiger partial charge in [0.1, 0.15) is 17.8 Å². The van der Waals surface area contributed by atoms with Crippen molar-refractivity contribution in [1.29, 1.82) is 0 Å². The van der Waals surface area contributed by atoms with Crippen LogP contribution in [0.5, 0.6) is 5.75 Å². The van der Waals surface area contributed by atoms with Crippen LogP contribution in [0.15, 0.2) is 78.9 Å². The normalized spacial score (nSPS) is 19.6. The standard InChI is InChI=1S/C32H28O5/c1-18-12-23(17-34)27-24(13-18)30-29-25(14-19(16-33)15-26(29)36-2)31(37-32(30)35)28(27)22-10-8-21(9-11-22)20-6-4-3-5-7-20/h3-15,28,30-31,33-34H,16-17H2,1-2H3/t28-,30+,31+/m1/s1. The average molecular weight is 493 g/mol. The maximum Gasteiger partial charge on any atom is 0.318 e. The minimum absolute atomic E-state index is 0.147. The van der Waals surface area contributed by atoms with Crippen LogP contribution in [0.4, 0.5) is 0 Å². The van der Waals surface area contributed by atoms with Crippen LogP contribution >= 0.6 is 0 Å². The van der Waals surface area contributed by atoms with E-state index >= 15 is 0 Å². The number of aliphatic hydroxyl groups is 2. The fourth-order valence-corrected chi connectivity index (χ4v) is 6.07. The van der Waals surface area contributed by atoms with Crippen LogP contribution in [0.25, 0.3) is 11.1 Å². The van der Waals surface area contributed by atoms with Crippen LogP contribution in [-0.2, 0) is 22.7 Å². The lowest BCUT2D eigenvalue weighted by Gasteiger charge is -2.32. The summed E-state index contributed by atoms with van der Waals surface area (Å²) in [5, 5.41) is 20.4. The lowest BCUT2D eigenvalue weighted by atomic mass is 9.80. The van der Waals surface area contributed by atoms with Crippen molar-refractivity contribution in [2.45, 2.75) is 38.1 Å². The van der Waals surface area contributed by atoms with Gasteiger partial charge in [-0.3, -0.25) is 4.79 Å². The Labute approximate surface area is 215 Å². The zero-order chi connectivity index (χ0) is 25.7. The number of methoxy groups -OCH3 is 1. The Bertz CT molecular complexity index is 1490. The van der Waals surface area contributed by atoms with Gasteiger partial charge in [-0.05, 0) is 58.0 Å². The van der Waals surface area contributed by atoms with Gasteiger partial charge in [-0.25, -0.2) is 0 Å². The third-order valence-corrected chi connectivity index (χ3v) is 7.62. The highest BCUT2D eigenvalue weighted by atomic mass is 16.5. The van der Waals surface area contributed by atoms with E-state index in [0.29, 0.717) is 11.3 Å². The van der Waals surface area contributed by atoms with E-state index in [2.05, 4.69) is 36.4 Å². The Balaban J connectivity index is 1.62. The second-order valence-electron chi connectivity index (χ2n) is 9.80. The van der Waals surface area contributed by atoms with E-state index in [9.17, 15) is 15.0 Å². The molecule has 0 saturated carbocycles. The van der Waals surface area contributed by atoms with E-state index < -0.39 is 12.0 Å². The SMILES string of the molecule is COc1cc(CO)cc2c1[C@H]1C(=O)O[C@@H]2[C@H](c2ccc(-c3ccccc3)cc2)c2c(CO)cc(C)cc21. The van der Waals surface area contributed by atoms with Crippen molar-refractivity contribution in [1.82, 2.24) is 0 Å². The number of aryl methyl sites for hydroxylation is 1. The van der Waals surface area contributed by atoms with Gasteiger partial charge < -0.3 is 19.7 Å². The zero-order valence-corrected chi connectivity index (χ0v) is 20.8. The fraction of sp³-hybridized carbons (Fsp3) is 0.219. The second-order valence-corrected chi connectivity index (χ2v) is 9.80. The number of benzene rings is 4. The summed E-state index contributed by atoms with van der Waals surface area (Å²) in [6.07, 6.45) is -0.629. The zero-order valence-electron chi connectivity index (χ0n) is 20.8. The third kappa shape index (κ3) is 3.74. The number of hydrogen-bond donors (Lipinski definition) is 2. The number of rotatable bonds is 5. The lowest BCUT2D eigenvalue weighted by Crippen LogP contribution is -2.27. The maximum absolute atomic E-state index is 13.6. The van der Waals surface area contributed by atoms with Gasteiger partial charge in [0.05, 0.1) is 26.2 Å². The van der Waals surface area contributed by atoms with Gasteiger partial charge in [0, 0.05) is 11.1 Å². The van der Waals surface area contributed by atoms with E-state index in [0.717, 1.165) is 50.1 Å². The number of ether oxygens (including phenoxy) is 2. The summed E-state index contributed by atoms with van der Waals surface area (Å²) in [6, 6.07) is 26.2. The van der Waals surface area contributed by atoms with Crippen LogP contribution in [0.3, 0.4) is 0 Å². The Kier molecular flexibility index (Phi) is 5.82. The third-order valence-electron chi connectivity index (χ3n) is 7.62. The predicted octanol–water partition coefficient (Wildman–Crippen LogP) is 5.53. The highest BCUT2D eigenvalue weighted by Gasteiger charge is 2.49. The molecule has 5 nitrogen and oxygen atoms in total. The molecule has 3 atom stereocenters. The quantitative estimate of drug-likeness (QED) is 0.358. The van der Waals surface area contributed by atoms with Gasteiger partial charge in [0.2, 0.25) is 0 Å². The molecule has 0 spiro atoms. The molecule has 0 unspecified atom stereocenters. The molecule has 0 amide bonds. The Morgan fingerprint density at radius 1 is 0.838 bits per heavy atom. The molecule has 1 heterocycles. The summed E-state index contributed by atoms with van der Waals surface area (Å²) in [7, 11) is 1.58. The van der Waals surface area contributed by atoms with Gasteiger partial charge in [0.25, 0.3) is 0 Å². The molecule has 1 aliphatic heterocycles. The Morgan fingerprint density at radius 3 is 2.24 bits per heavy atom. The molecule has 2 N–H and O–H groups in total. The van der Waals surface area contributed by atoms with Crippen molar-refractivity contribution in [3.63, 3.8) is 0 Å². The van der Waals surface area contributed by atoms with Crippen LogP contribution in [0.2, 0.25) is 0 Å². The highest BCUT2D eigenvalue weighted by Crippen LogP contribution is 2.56. The molecule has 6 rings (SSSR count). The summed E-state index contributed by atoms with van der Waals surface area (Å²) >= 11 is 0. The minimum atomic E-state index is -0.678. The first-order valence-electron chi connectivity index (χ1n) is 12.5. The summed E-state index contributed by atoms with van der Waals surface area (Å²) in [5.41, 5.74) is 9.02. The largest absolute Gasteiger partial charge is 0.496 e.